The number of aromatic nitrogens is 1. The zero-order chi connectivity index (χ0) is 13.2. The van der Waals surface area contributed by atoms with Gasteiger partial charge in [0, 0.05) is 30.1 Å². The third kappa shape index (κ3) is 2.44. The number of aliphatic hydroxyl groups excluding tert-OH is 1. The molecule has 3 rings (SSSR count). The second kappa shape index (κ2) is 5.20. The lowest BCUT2D eigenvalue weighted by atomic mass is 9.83. The van der Waals surface area contributed by atoms with Crippen LogP contribution in [0.15, 0.2) is 23.0 Å². The highest BCUT2D eigenvalue weighted by Gasteiger charge is 2.36. The number of aliphatic hydroxyl groups is 1. The minimum atomic E-state index is -0.0572. The van der Waals surface area contributed by atoms with Crippen LogP contribution < -0.4 is 10.5 Å². The maximum atomic E-state index is 11.9. The van der Waals surface area contributed by atoms with Gasteiger partial charge in [-0.25, -0.2) is 0 Å². The molecule has 4 nitrogen and oxygen atoms in total. The Morgan fingerprint density at radius 2 is 2.26 bits per heavy atom. The van der Waals surface area contributed by atoms with E-state index in [-0.39, 0.29) is 12.2 Å². The molecule has 0 amide bonds. The summed E-state index contributed by atoms with van der Waals surface area (Å²) in [4.78, 5) is 13.4. The van der Waals surface area contributed by atoms with E-state index in [2.05, 4.69) is 17.9 Å². The molecule has 100 valence electrons. The molecule has 0 saturated carbocycles. The Hall–Kier alpha value is -1.57. The molecule has 2 aliphatic rings. The quantitative estimate of drug-likeness (QED) is 0.625. The molecule has 0 aliphatic carbocycles. The van der Waals surface area contributed by atoms with Crippen LogP contribution >= 0.6 is 0 Å². The first-order chi connectivity index (χ1) is 9.28. The molecule has 1 fully saturated rings. The van der Waals surface area contributed by atoms with Crippen molar-refractivity contribution >= 4 is 0 Å². The smallest absolute Gasteiger partial charge is 0.250 e. The van der Waals surface area contributed by atoms with Crippen LogP contribution in [0.2, 0.25) is 0 Å². The summed E-state index contributed by atoms with van der Waals surface area (Å²) in [5, 5.41) is 8.70. The van der Waals surface area contributed by atoms with Crippen molar-refractivity contribution in [1.82, 2.24) is 4.57 Å². The normalized spacial score (nSPS) is 28.2. The maximum Gasteiger partial charge on any atom is 0.250 e. The highest BCUT2D eigenvalue weighted by molar-refractivity contribution is 5.15. The molecule has 3 atom stereocenters. The Bertz CT molecular complexity index is 582. The number of hydrogen-bond acceptors (Lipinski definition) is 2. The second-order valence-electron chi connectivity index (χ2n) is 5.54. The minimum absolute atomic E-state index is 0.0572. The van der Waals surface area contributed by atoms with E-state index < -0.39 is 0 Å². The first-order valence-electron chi connectivity index (χ1n) is 6.88. The Kier molecular flexibility index (Phi) is 3.41. The average molecular weight is 259 g/mol. The molecule has 0 radical (unpaired) electrons. The highest BCUT2D eigenvalue weighted by Crippen LogP contribution is 2.29. The minimum Gasteiger partial charge on any atom is -0.384 e. The zero-order valence-corrected chi connectivity index (χ0v) is 10.9. The first kappa shape index (κ1) is 12.5. The molecule has 19 heavy (non-hydrogen) atoms. The van der Waals surface area contributed by atoms with E-state index in [1.807, 2.05) is 10.6 Å². The van der Waals surface area contributed by atoms with Gasteiger partial charge in [-0.15, -0.1) is 0 Å². The number of nitrogens with zero attached hydrogens (tertiary/aromatic N) is 1. The molecule has 0 spiro atoms. The van der Waals surface area contributed by atoms with Gasteiger partial charge >= 0.3 is 0 Å². The van der Waals surface area contributed by atoms with Gasteiger partial charge in [0.2, 0.25) is 0 Å². The Labute approximate surface area is 112 Å². The highest BCUT2D eigenvalue weighted by atomic mass is 16.2. The van der Waals surface area contributed by atoms with Crippen molar-refractivity contribution < 1.29 is 10.0 Å². The maximum absolute atomic E-state index is 11.9. The summed E-state index contributed by atoms with van der Waals surface area (Å²) in [6.07, 6.45) is 1.19. The van der Waals surface area contributed by atoms with Crippen molar-refractivity contribution in [2.24, 2.45) is 5.92 Å². The molecule has 2 bridgehead atoms. The fraction of sp³-hybridized carbons (Fsp3) is 0.533. The molecule has 1 unspecified atom stereocenters. The lowest BCUT2D eigenvalue weighted by Crippen LogP contribution is -3.14. The molecule has 1 aromatic rings. The number of piperidine rings is 1. The molecule has 2 N–H and O–H groups in total. The van der Waals surface area contributed by atoms with E-state index in [9.17, 15) is 4.79 Å². The van der Waals surface area contributed by atoms with Gasteiger partial charge in [-0.1, -0.05) is 12.0 Å². The standard InChI is InChI=1S/C15H18N2O2/c18-7-2-1-6-16-9-12-8-13(11-16)14-4-3-5-15(19)17(14)10-12/h3-5,12-13,18H,6-11H2/p+1/t12-,13-/m1/s1. The molecule has 1 saturated heterocycles. The lowest BCUT2D eigenvalue weighted by molar-refractivity contribution is -0.903. The zero-order valence-electron chi connectivity index (χ0n) is 10.9. The van der Waals surface area contributed by atoms with Gasteiger partial charge in [0.15, 0.2) is 0 Å². The predicted molar refractivity (Wildman–Crippen MR) is 72.0 cm³/mol. The van der Waals surface area contributed by atoms with E-state index >= 15 is 0 Å². The molecule has 3 heterocycles. The van der Waals surface area contributed by atoms with Gasteiger partial charge in [-0.2, -0.15) is 0 Å². The molecule has 2 aliphatic heterocycles. The van der Waals surface area contributed by atoms with Gasteiger partial charge in [-0.3, -0.25) is 4.79 Å². The van der Waals surface area contributed by atoms with Crippen LogP contribution in [0.4, 0.5) is 0 Å². The fourth-order valence-corrected chi connectivity index (χ4v) is 3.51. The van der Waals surface area contributed by atoms with Gasteiger partial charge in [0.25, 0.3) is 5.56 Å². The summed E-state index contributed by atoms with van der Waals surface area (Å²) >= 11 is 0. The van der Waals surface area contributed by atoms with Gasteiger partial charge in [-0.05, 0) is 18.4 Å². The summed E-state index contributed by atoms with van der Waals surface area (Å²) in [7, 11) is 0. The number of likely N-dealkylation sites (tertiary alicyclic amines) is 1. The summed E-state index contributed by atoms with van der Waals surface area (Å²) in [6.45, 7) is 3.71. The van der Waals surface area contributed by atoms with E-state index in [0.717, 1.165) is 26.2 Å². The number of rotatable bonds is 1. The third-order valence-electron chi connectivity index (χ3n) is 4.22. The van der Waals surface area contributed by atoms with Crippen LogP contribution in [-0.2, 0) is 6.54 Å². The molecule has 1 aromatic heterocycles. The number of pyridine rings is 1. The van der Waals surface area contributed by atoms with Crippen molar-refractivity contribution in [3.63, 3.8) is 0 Å². The van der Waals surface area contributed by atoms with Crippen LogP contribution in [0.3, 0.4) is 0 Å². The molecule has 0 aromatic carbocycles. The molecular weight excluding hydrogens is 240 g/mol. The summed E-state index contributed by atoms with van der Waals surface area (Å²) in [5.74, 6) is 6.80. The number of hydrogen-bond donors (Lipinski definition) is 2. The van der Waals surface area contributed by atoms with E-state index in [1.54, 1.807) is 6.07 Å². The fourth-order valence-electron chi connectivity index (χ4n) is 3.51. The largest absolute Gasteiger partial charge is 0.384 e. The Morgan fingerprint density at radius 3 is 3.11 bits per heavy atom. The third-order valence-corrected chi connectivity index (χ3v) is 4.22. The van der Waals surface area contributed by atoms with Crippen LogP contribution in [-0.4, -0.2) is 35.9 Å². The monoisotopic (exact) mass is 259 g/mol. The first-order valence-corrected chi connectivity index (χ1v) is 6.88. The van der Waals surface area contributed by atoms with Gasteiger partial charge in [0.1, 0.15) is 13.2 Å². The SMILES string of the molecule is O=c1cccc2n1C[C@@H]1C[C@@H]2C[NH+](CC#CCO)C1. The number of fused-ring (bicyclic) bond motifs is 4. The van der Waals surface area contributed by atoms with Crippen LogP contribution in [0.5, 0.6) is 0 Å². The van der Waals surface area contributed by atoms with Crippen molar-refractivity contribution in [1.29, 1.82) is 0 Å². The number of nitrogens with one attached hydrogen (secondary N) is 1. The number of quaternary nitrogens is 1. The van der Waals surface area contributed by atoms with Crippen molar-refractivity contribution in [2.45, 2.75) is 18.9 Å². The van der Waals surface area contributed by atoms with Crippen molar-refractivity contribution in [3.8, 4) is 11.8 Å². The van der Waals surface area contributed by atoms with Crippen LogP contribution in [0.25, 0.3) is 0 Å². The second-order valence-corrected chi connectivity index (χ2v) is 5.54. The van der Waals surface area contributed by atoms with Gasteiger partial charge < -0.3 is 14.6 Å². The van der Waals surface area contributed by atoms with Crippen molar-refractivity contribution in [3.05, 3.63) is 34.2 Å². The average Bonchev–Trinajstić information content (AvgIpc) is 2.40. The Balaban J connectivity index is 1.82. The Morgan fingerprint density at radius 1 is 1.37 bits per heavy atom. The van der Waals surface area contributed by atoms with E-state index in [1.165, 1.54) is 17.0 Å². The predicted octanol–water partition coefficient (Wildman–Crippen LogP) is -1.15. The summed E-state index contributed by atoms with van der Waals surface area (Å²) in [5.41, 5.74) is 1.33. The topological polar surface area (TPSA) is 46.7 Å². The van der Waals surface area contributed by atoms with Crippen LogP contribution in [0, 0.1) is 17.8 Å². The van der Waals surface area contributed by atoms with Crippen molar-refractivity contribution in [2.75, 3.05) is 26.2 Å². The lowest BCUT2D eigenvalue weighted by Gasteiger charge is -2.39. The van der Waals surface area contributed by atoms with Crippen LogP contribution in [0.1, 0.15) is 18.0 Å². The summed E-state index contributed by atoms with van der Waals surface area (Å²) < 4.78 is 1.95. The van der Waals surface area contributed by atoms with E-state index in [0.29, 0.717) is 11.8 Å². The molecular formula is C15H19N2O2+. The summed E-state index contributed by atoms with van der Waals surface area (Å²) in [6, 6.07) is 5.61. The molecule has 4 heteroatoms. The van der Waals surface area contributed by atoms with E-state index in [4.69, 9.17) is 5.11 Å². The van der Waals surface area contributed by atoms with Gasteiger partial charge in [0.05, 0.1) is 13.1 Å².